The third kappa shape index (κ3) is 4.63. The molecule has 3 N–H and O–H groups in total. The Morgan fingerprint density at radius 1 is 1.16 bits per heavy atom. The fourth-order valence-corrected chi connectivity index (χ4v) is 5.29. The summed E-state index contributed by atoms with van der Waals surface area (Å²) in [5.41, 5.74) is 8.67. The number of hydrogen-bond donors (Lipinski definition) is 2. The van der Waals surface area contributed by atoms with Crippen LogP contribution >= 0.6 is 0 Å². The van der Waals surface area contributed by atoms with Crippen molar-refractivity contribution in [3.05, 3.63) is 66.1 Å². The van der Waals surface area contributed by atoms with Gasteiger partial charge in [-0.1, -0.05) is 0 Å². The van der Waals surface area contributed by atoms with E-state index < -0.39 is 0 Å². The van der Waals surface area contributed by atoms with Gasteiger partial charge in [0.25, 0.3) is 0 Å². The van der Waals surface area contributed by atoms with Gasteiger partial charge in [-0.05, 0) is 61.2 Å². The number of fused-ring (bicyclic) bond motifs is 1. The quantitative estimate of drug-likeness (QED) is 0.370. The Morgan fingerprint density at radius 3 is 2.84 bits per heavy atom. The van der Waals surface area contributed by atoms with Gasteiger partial charge in [0.2, 0.25) is 11.9 Å². The van der Waals surface area contributed by atoms with Crippen LogP contribution in [0, 0.1) is 5.82 Å². The summed E-state index contributed by atoms with van der Waals surface area (Å²) >= 11 is 0. The number of rotatable bonds is 7. The molecule has 2 atom stereocenters. The molecule has 196 valence electrons. The van der Waals surface area contributed by atoms with Crippen LogP contribution in [0.2, 0.25) is 0 Å². The molecule has 2 fully saturated rings. The Morgan fingerprint density at radius 2 is 2.03 bits per heavy atom. The number of carbonyl (C=O) groups is 1. The molecule has 0 saturated carbocycles. The number of nitrogens with two attached hydrogens (primary N) is 1. The Labute approximate surface area is 219 Å². The number of pyridine rings is 1. The highest BCUT2D eigenvalue weighted by Gasteiger charge is 2.30. The number of nitrogens with one attached hydrogen (secondary N) is 1. The number of benzene rings is 2. The minimum atomic E-state index is -0.350. The average Bonchev–Trinajstić information content (AvgIpc) is 3.67. The number of aryl methyl sites for hydroxylation is 1. The lowest BCUT2D eigenvalue weighted by molar-refractivity contribution is -0.119. The van der Waals surface area contributed by atoms with Crippen molar-refractivity contribution in [1.29, 1.82) is 0 Å². The van der Waals surface area contributed by atoms with Gasteiger partial charge in [-0.3, -0.25) is 4.79 Å². The molecule has 4 heterocycles. The van der Waals surface area contributed by atoms with Crippen molar-refractivity contribution < 1.29 is 18.7 Å². The van der Waals surface area contributed by atoms with Crippen LogP contribution in [0.3, 0.4) is 0 Å². The maximum Gasteiger partial charge on any atom is 0.240 e. The van der Waals surface area contributed by atoms with E-state index in [1.807, 2.05) is 46.8 Å². The first-order valence-electron chi connectivity index (χ1n) is 12.8. The van der Waals surface area contributed by atoms with Crippen LogP contribution in [0.25, 0.3) is 11.0 Å². The highest BCUT2D eigenvalue weighted by atomic mass is 19.1. The second-order valence-electron chi connectivity index (χ2n) is 9.77. The summed E-state index contributed by atoms with van der Waals surface area (Å²) in [6.45, 7) is 1.92. The summed E-state index contributed by atoms with van der Waals surface area (Å²) in [4.78, 5) is 22.9. The van der Waals surface area contributed by atoms with E-state index in [1.165, 1.54) is 6.07 Å². The van der Waals surface area contributed by atoms with E-state index in [1.54, 1.807) is 18.3 Å². The van der Waals surface area contributed by atoms with Crippen molar-refractivity contribution in [3.8, 4) is 11.5 Å². The van der Waals surface area contributed by atoms with Crippen molar-refractivity contribution in [2.24, 2.45) is 12.8 Å². The van der Waals surface area contributed by atoms with Crippen molar-refractivity contribution in [2.75, 3.05) is 30.0 Å². The zero-order valence-corrected chi connectivity index (χ0v) is 21.1. The summed E-state index contributed by atoms with van der Waals surface area (Å²) in [5, 5.41) is 3.33. The topological polar surface area (TPSA) is 108 Å². The van der Waals surface area contributed by atoms with Crippen LogP contribution in [0.15, 0.2) is 54.7 Å². The number of ether oxygens (including phenoxy) is 2. The molecule has 2 aromatic carbocycles. The summed E-state index contributed by atoms with van der Waals surface area (Å²) in [7, 11) is 1.92. The SMILES string of the molecule is Cn1c(Nc2ccc(F)c(C3CCOC3)c2)nc2cc(Oc3ccnc(N4CCC[C@H]4C(N)=O)c3)ccc21. The smallest absolute Gasteiger partial charge is 0.240 e. The third-order valence-corrected chi connectivity index (χ3v) is 7.30. The predicted molar refractivity (Wildman–Crippen MR) is 142 cm³/mol. The lowest BCUT2D eigenvalue weighted by Gasteiger charge is -2.23. The second-order valence-corrected chi connectivity index (χ2v) is 9.77. The minimum Gasteiger partial charge on any atom is -0.457 e. The first-order chi connectivity index (χ1) is 18.5. The molecule has 0 aliphatic carbocycles. The molecule has 0 bridgehead atoms. The first-order valence-corrected chi connectivity index (χ1v) is 12.8. The number of hydrogen-bond acceptors (Lipinski definition) is 7. The molecule has 2 aromatic heterocycles. The van der Waals surface area contributed by atoms with Gasteiger partial charge in [-0.25, -0.2) is 14.4 Å². The number of aromatic nitrogens is 3. The standard InChI is InChI=1S/C28H29FN6O3/c1-34-24-7-5-19(38-20-8-10-31-26(15-20)35-11-2-3-25(35)27(30)36)14-23(24)33-28(34)32-18-4-6-22(29)21(13-18)17-9-12-37-16-17/h4-8,10,13-15,17,25H,2-3,9,11-12,16H2,1H3,(H2,30,36)(H,32,33)/t17?,25-/m0/s1. The number of imidazole rings is 1. The summed E-state index contributed by atoms with van der Waals surface area (Å²) in [5.74, 6) is 2.04. The number of carbonyl (C=O) groups excluding carboxylic acids is 1. The normalized spacial score (nSPS) is 19.3. The van der Waals surface area contributed by atoms with E-state index in [2.05, 4.69) is 10.3 Å². The van der Waals surface area contributed by atoms with E-state index in [0.29, 0.717) is 42.0 Å². The predicted octanol–water partition coefficient (Wildman–Crippen LogP) is 4.60. The van der Waals surface area contributed by atoms with Gasteiger partial charge in [0, 0.05) is 50.1 Å². The number of halogens is 1. The Hall–Kier alpha value is -4.18. The van der Waals surface area contributed by atoms with Crippen molar-refractivity contribution in [3.63, 3.8) is 0 Å². The molecule has 2 saturated heterocycles. The molecular weight excluding hydrogens is 487 g/mol. The van der Waals surface area contributed by atoms with Crippen molar-refractivity contribution >= 4 is 34.4 Å². The molecule has 9 nitrogen and oxygen atoms in total. The van der Waals surface area contributed by atoms with Gasteiger partial charge < -0.3 is 30.0 Å². The van der Waals surface area contributed by atoms with E-state index in [4.69, 9.17) is 20.2 Å². The molecule has 0 radical (unpaired) electrons. The Balaban J connectivity index is 1.22. The third-order valence-electron chi connectivity index (χ3n) is 7.30. The number of amides is 1. The van der Waals surface area contributed by atoms with E-state index in [0.717, 1.165) is 42.5 Å². The fraction of sp³-hybridized carbons (Fsp3) is 0.321. The highest BCUT2D eigenvalue weighted by Crippen LogP contribution is 2.33. The van der Waals surface area contributed by atoms with Crippen LogP contribution in [0.1, 0.15) is 30.7 Å². The van der Waals surface area contributed by atoms with Crippen LogP contribution in [0.4, 0.5) is 21.8 Å². The molecule has 2 aliphatic heterocycles. The first kappa shape index (κ1) is 24.2. The number of primary amides is 1. The Bertz CT molecular complexity index is 1500. The monoisotopic (exact) mass is 516 g/mol. The molecule has 4 aromatic rings. The van der Waals surface area contributed by atoms with Crippen molar-refractivity contribution in [2.45, 2.75) is 31.2 Å². The average molecular weight is 517 g/mol. The Kier molecular flexibility index (Phi) is 6.32. The fourth-order valence-electron chi connectivity index (χ4n) is 5.29. The van der Waals surface area contributed by atoms with E-state index in [9.17, 15) is 9.18 Å². The van der Waals surface area contributed by atoms with Gasteiger partial charge in [0.1, 0.15) is 29.2 Å². The number of anilines is 3. The van der Waals surface area contributed by atoms with Crippen molar-refractivity contribution in [1.82, 2.24) is 14.5 Å². The molecule has 38 heavy (non-hydrogen) atoms. The van der Waals surface area contributed by atoms with Crippen LogP contribution in [-0.4, -0.2) is 46.2 Å². The van der Waals surface area contributed by atoms with Gasteiger partial charge in [-0.15, -0.1) is 0 Å². The van der Waals surface area contributed by atoms with Crippen LogP contribution in [-0.2, 0) is 16.6 Å². The molecule has 1 unspecified atom stereocenters. The molecule has 2 aliphatic rings. The molecule has 1 amide bonds. The molecule has 0 spiro atoms. The lowest BCUT2D eigenvalue weighted by Crippen LogP contribution is -2.40. The van der Waals surface area contributed by atoms with E-state index >= 15 is 0 Å². The largest absolute Gasteiger partial charge is 0.457 e. The lowest BCUT2D eigenvalue weighted by atomic mass is 9.97. The molecule has 6 rings (SSSR count). The summed E-state index contributed by atoms with van der Waals surface area (Å²) in [6.07, 6.45) is 4.10. The minimum absolute atomic E-state index is 0.0674. The van der Waals surface area contributed by atoms with Gasteiger partial charge in [0.05, 0.1) is 17.6 Å². The summed E-state index contributed by atoms with van der Waals surface area (Å²) < 4.78 is 28.0. The van der Waals surface area contributed by atoms with Gasteiger partial charge in [-0.2, -0.15) is 0 Å². The zero-order valence-electron chi connectivity index (χ0n) is 21.1. The van der Waals surface area contributed by atoms with Crippen LogP contribution in [0.5, 0.6) is 11.5 Å². The number of nitrogens with zero attached hydrogens (tertiary/aromatic N) is 4. The second kappa shape index (κ2) is 9.94. The molecule has 10 heteroatoms. The molecular formula is C28H29FN6O3. The summed E-state index contributed by atoms with van der Waals surface area (Å²) in [6, 6.07) is 14.0. The highest BCUT2D eigenvalue weighted by molar-refractivity contribution is 5.84. The van der Waals surface area contributed by atoms with E-state index in [-0.39, 0.29) is 23.7 Å². The van der Waals surface area contributed by atoms with Gasteiger partial charge >= 0.3 is 0 Å². The van der Waals surface area contributed by atoms with Crippen LogP contribution < -0.4 is 20.7 Å². The van der Waals surface area contributed by atoms with Gasteiger partial charge in [0.15, 0.2) is 0 Å². The zero-order chi connectivity index (χ0) is 26.2. The maximum atomic E-state index is 14.5. The maximum absolute atomic E-state index is 14.5.